The van der Waals surface area contributed by atoms with Gasteiger partial charge in [-0.3, -0.25) is 4.79 Å². The van der Waals surface area contributed by atoms with Crippen LogP contribution in [-0.4, -0.2) is 25.4 Å². The van der Waals surface area contributed by atoms with Crippen molar-refractivity contribution in [3.8, 4) is 11.5 Å². The normalized spacial score (nSPS) is 10.9. The van der Waals surface area contributed by atoms with E-state index in [0.717, 1.165) is 0 Å². The van der Waals surface area contributed by atoms with Gasteiger partial charge in [0, 0.05) is 18.5 Å². The summed E-state index contributed by atoms with van der Waals surface area (Å²) in [5.41, 5.74) is 1.19. The molecule has 4 rings (SSSR count). The van der Waals surface area contributed by atoms with Crippen LogP contribution in [0.4, 0.5) is 4.39 Å². The van der Waals surface area contributed by atoms with Gasteiger partial charge in [0.2, 0.25) is 0 Å². The third-order valence-corrected chi connectivity index (χ3v) is 4.02. The molecule has 136 valence electrons. The first kappa shape index (κ1) is 16.8. The van der Waals surface area contributed by atoms with Gasteiger partial charge in [0.25, 0.3) is 5.91 Å². The molecule has 4 aromatic rings. The molecule has 0 bridgehead atoms. The van der Waals surface area contributed by atoms with Crippen LogP contribution >= 0.6 is 0 Å². The molecule has 0 radical (unpaired) electrons. The maximum atomic E-state index is 14.3. The average Bonchev–Trinajstić information content (AvgIpc) is 3.40. The molecule has 0 saturated carbocycles. The van der Waals surface area contributed by atoms with E-state index in [0.29, 0.717) is 22.8 Å². The monoisotopic (exact) mass is 365 g/mol. The number of carbonyl (C=O) groups excluding carboxylic acids is 1. The zero-order valence-electron chi connectivity index (χ0n) is 14.5. The van der Waals surface area contributed by atoms with E-state index in [-0.39, 0.29) is 18.1 Å². The summed E-state index contributed by atoms with van der Waals surface area (Å²) >= 11 is 0. The van der Waals surface area contributed by atoms with Crippen molar-refractivity contribution < 1.29 is 13.7 Å². The smallest absolute Gasteiger partial charge is 0.257 e. The fourth-order valence-corrected chi connectivity index (χ4v) is 2.79. The van der Waals surface area contributed by atoms with E-state index in [9.17, 15) is 9.18 Å². The highest BCUT2D eigenvalue weighted by molar-refractivity contribution is 5.97. The molecule has 8 heteroatoms. The highest BCUT2D eigenvalue weighted by atomic mass is 19.1. The van der Waals surface area contributed by atoms with E-state index in [2.05, 4.69) is 15.6 Å². The van der Waals surface area contributed by atoms with E-state index in [1.807, 2.05) is 12.1 Å². The minimum atomic E-state index is -0.431. The van der Waals surface area contributed by atoms with Crippen LogP contribution in [0, 0.1) is 12.7 Å². The summed E-state index contributed by atoms with van der Waals surface area (Å²) in [6.07, 6.45) is 4.96. The first-order chi connectivity index (χ1) is 13.1. The van der Waals surface area contributed by atoms with Gasteiger partial charge in [0.05, 0.1) is 12.7 Å². The summed E-state index contributed by atoms with van der Waals surface area (Å²) in [6, 6.07) is 11.7. The number of para-hydroxylation sites is 1. The van der Waals surface area contributed by atoms with Gasteiger partial charge in [0.15, 0.2) is 5.82 Å². The van der Waals surface area contributed by atoms with Crippen LogP contribution in [0.25, 0.3) is 11.5 Å². The van der Waals surface area contributed by atoms with Crippen molar-refractivity contribution in [3.05, 3.63) is 83.9 Å². The van der Waals surface area contributed by atoms with Crippen molar-refractivity contribution in [1.29, 1.82) is 0 Å². The Morgan fingerprint density at radius 2 is 2.00 bits per heavy atom. The van der Waals surface area contributed by atoms with Crippen molar-refractivity contribution in [2.24, 2.45) is 0 Å². The number of hydrogen-bond donors (Lipinski definition) is 1. The number of hydrogen-bond acceptors (Lipinski definition) is 4. The average molecular weight is 365 g/mol. The summed E-state index contributed by atoms with van der Waals surface area (Å²) in [4.78, 5) is 12.7. The van der Waals surface area contributed by atoms with Crippen LogP contribution in [0.1, 0.15) is 21.8 Å². The number of aromatic nitrogens is 4. The first-order valence-corrected chi connectivity index (χ1v) is 8.30. The van der Waals surface area contributed by atoms with Crippen molar-refractivity contribution in [2.75, 3.05) is 0 Å². The third kappa shape index (κ3) is 3.24. The van der Waals surface area contributed by atoms with Crippen molar-refractivity contribution in [3.63, 3.8) is 0 Å². The van der Waals surface area contributed by atoms with E-state index in [1.165, 1.54) is 16.9 Å². The largest absolute Gasteiger partial charge is 0.361 e. The Hall–Kier alpha value is -3.68. The Morgan fingerprint density at radius 3 is 2.70 bits per heavy atom. The highest BCUT2D eigenvalue weighted by Gasteiger charge is 2.21. The number of rotatable bonds is 5. The molecule has 7 nitrogen and oxygen atoms in total. The minimum absolute atomic E-state index is 0.214. The third-order valence-electron chi connectivity index (χ3n) is 4.02. The van der Waals surface area contributed by atoms with Gasteiger partial charge in [-0.15, -0.1) is 0 Å². The summed E-state index contributed by atoms with van der Waals surface area (Å²) in [5, 5.41) is 10.9. The predicted molar refractivity (Wildman–Crippen MR) is 95.3 cm³/mol. The topological polar surface area (TPSA) is 77.9 Å². The minimum Gasteiger partial charge on any atom is -0.361 e. The second-order valence-corrected chi connectivity index (χ2v) is 5.95. The van der Waals surface area contributed by atoms with E-state index in [4.69, 9.17) is 4.52 Å². The molecular formula is C19H16FN5O2. The van der Waals surface area contributed by atoms with Gasteiger partial charge in [-0.25, -0.2) is 9.07 Å². The number of amides is 1. The predicted octanol–water partition coefficient (Wildman–Crippen LogP) is 3.03. The fourth-order valence-electron chi connectivity index (χ4n) is 2.79. The van der Waals surface area contributed by atoms with Crippen molar-refractivity contribution in [1.82, 2.24) is 24.8 Å². The van der Waals surface area contributed by atoms with Gasteiger partial charge >= 0.3 is 0 Å². The van der Waals surface area contributed by atoms with Gasteiger partial charge in [-0.05, 0) is 31.2 Å². The molecule has 0 unspecified atom stereocenters. The molecule has 3 aromatic heterocycles. The Kier molecular flexibility index (Phi) is 4.29. The molecule has 0 aliphatic rings. The van der Waals surface area contributed by atoms with Crippen LogP contribution in [0.2, 0.25) is 0 Å². The van der Waals surface area contributed by atoms with Gasteiger partial charge in [-0.1, -0.05) is 17.3 Å². The Labute approximate surface area is 154 Å². The summed E-state index contributed by atoms with van der Waals surface area (Å²) in [7, 11) is 0. The number of benzene rings is 1. The van der Waals surface area contributed by atoms with Crippen LogP contribution in [0.15, 0.2) is 65.6 Å². The van der Waals surface area contributed by atoms with Gasteiger partial charge in [0.1, 0.15) is 28.5 Å². The van der Waals surface area contributed by atoms with Gasteiger partial charge < -0.3 is 14.4 Å². The lowest BCUT2D eigenvalue weighted by atomic mass is 10.2. The lowest BCUT2D eigenvalue weighted by Crippen LogP contribution is -2.24. The molecule has 0 aliphatic carbocycles. The second-order valence-electron chi connectivity index (χ2n) is 5.95. The highest BCUT2D eigenvalue weighted by Crippen LogP contribution is 2.21. The molecule has 1 amide bonds. The first-order valence-electron chi connectivity index (χ1n) is 8.30. The summed E-state index contributed by atoms with van der Waals surface area (Å²) in [5.74, 6) is 0.333. The standard InChI is InChI=1S/C19H16FN5O2/c1-13-10-14(23-27-13)11-21-18(26)15-12-22-25(17-7-3-2-6-16(17)20)19(15)24-8-4-5-9-24/h2-10,12H,11H2,1H3,(H,21,26). The van der Waals surface area contributed by atoms with Crippen LogP contribution in [0.5, 0.6) is 0 Å². The second kappa shape index (κ2) is 6.91. The Morgan fingerprint density at radius 1 is 1.22 bits per heavy atom. The van der Waals surface area contributed by atoms with Crippen molar-refractivity contribution >= 4 is 5.91 Å². The zero-order chi connectivity index (χ0) is 18.8. The molecule has 0 fully saturated rings. The van der Waals surface area contributed by atoms with Crippen LogP contribution in [0.3, 0.4) is 0 Å². The fraction of sp³-hybridized carbons (Fsp3) is 0.105. The molecule has 0 aliphatic heterocycles. The summed E-state index contributed by atoms with van der Waals surface area (Å²) in [6.45, 7) is 1.99. The summed E-state index contributed by atoms with van der Waals surface area (Å²) < 4.78 is 22.4. The maximum absolute atomic E-state index is 14.3. The van der Waals surface area contributed by atoms with Crippen LogP contribution < -0.4 is 5.32 Å². The van der Waals surface area contributed by atoms with E-state index < -0.39 is 5.82 Å². The number of halogens is 1. The molecular weight excluding hydrogens is 349 g/mol. The Balaban J connectivity index is 1.70. The number of aryl methyl sites for hydroxylation is 1. The molecule has 27 heavy (non-hydrogen) atoms. The molecule has 3 heterocycles. The SMILES string of the molecule is Cc1cc(CNC(=O)c2cnn(-c3ccccc3F)c2-n2cccc2)no1. The van der Waals surface area contributed by atoms with E-state index in [1.54, 1.807) is 48.1 Å². The number of carbonyl (C=O) groups is 1. The molecule has 1 aromatic carbocycles. The van der Waals surface area contributed by atoms with E-state index >= 15 is 0 Å². The number of nitrogens with one attached hydrogen (secondary N) is 1. The van der Waals surface area contributed by atoms with Crippen molar-refractivity contribution in [2.45, 2.75) is 13.5 Å². The number of nitrogens with zero attached hydrogens (tertiary/aromatic N) is 4. The molecule has 0 spiro atoms. The molecule has 0 saturated heterocycles. The Bertz CT molecular complexity index is 1080. The molecule has 1 N–H and O–H groups in total. The quantitative estimate of drug-likeness (QED) is 0.590. The zero-order valence-corrected chi connectivity index (χ0v) is 14.5. The van der Waals surface area contributed by atoms with Gasteiger partial charge in [-0.2, -0.15) is 5.10 Å². The maximum Gasteiger partial charge on any atom is 0.257 e. The molecule has 0 atom stereocenters. The van der Waals surface area contributed by atoms with Crippen LogP contribution in [-0.2, 0) is 6.54 Å². The lowest BCUT2D eigenvalue weighted by Gasteiger charge is -2.11. The lowest BCUT2D eigenvalue weighted by molar-refractivity contribution is 0.0950.